The molecule has 8 heteroatoms. The molecule has 0 aliphatic rings. The van der Waals surface area contributed by atoms with Gasteiger partial charge in [0, 0.05) is 4.91 Å². The molecule has 0 atom stereocenters. The molecule has 0 heterocycles. The lowest BCUT2D eigenvalue weighted by Gasteiger charge is -2.12. The molecular formula is C14H10F3N3O2. The standard InChI is InChI=1S/C14H10F3N3O2/c1-21-10-3-5-11(6-4-10)22-13-7-2-9(14(15,16)17)8-12(13)19-20-18/h2-8H,1H3. The van der Waals surface area contributed by atoms with E-state index in [1.165, 1.54) is 7.11 Å². The first-order valence-corrected chi connectivity index (χ1v) is 6.02. The van der Waals surface area contributed by atoms with Gasteiger partial charge in [-0.3, -0.25) is 0 Å². The Labute approximate surface area is 123 Å². The maximum atomic E-state index is 12.7. The summed E-state index contributed by atoms with van der Waals surface area (Å²) >= 11 is 0. The Morgan fingerprint density at radius 3 is 2.23 bits per heavy atom. The van der Waals surface area contributed by atoms with Crippen LogP contribution in [0.25, 0.3) is 10.4 Å². The first-order valence-electron chi connectivity index (χ1n) is 6.02. The average Bonchev–Trinajstić information content (AvgIpc) is 2.49. The van der Waals surface area contributed by atoms with Crippen LogP contribution in [0, 0.1) is 0 Å². The molecular weight excluding hydrogens is 299 g/mol. The molecule has 0 N–H and O–H groups in total. The maximum Gasteiger partial charge on any atom is 0.416 e. The number of azide groups is 1. The minimum Gasteiger partial charge on any atom is -0.497 e. The van der Waals surface area contributed by atoms with Gasteiger partial charge >= 0.3 is 6.18 Å². The number of alkyl halides is 3. The fourth-order valence-corrected chi connectivity index (χ4v) is 1.68. The van der Waals surface area contributed by atoms with Crippen molar-refractivity contribution in [2.24, 2.45) is 5.11 Å². The summed E-state index contributed by atoms with van der Waals surface area (Å²) in [5.74, 6) is 1.00. The van der Waals surface area contributed by atoms with Gasteiger partial charge in [-0.1, -0.05) is 5.11 Å². The van der Waals surface area contributed by atoms with Crippen LogP contribution in [0.4, 0.5) is 18.9 Å². The Bertz CT molecular complexity index is 708. The van der Waals surface area contributed by atoms with Crippen molar-refractivity contribution < 1.29 is 22.6 Å². The van der Waals surface area contributed by atoms with Crippen LogP contribution in [0.5, 0.6) is 17.2 Å². The Kier molecular flexibility index (Phi) is 4.43. The maximum absolute atomic E-state index is 12.7. The summed E-state index contributed by atoms with van der Waals surface area (Å²) in [4.78, 5) is 2.52. The molecule has 0 saturated heterocycles. The van der Waals surface area contributed by atoms with E-state index in [2.05, 4.69) is 10.0 Å². The monoisotopic (exact) mass is 309 g/mol. The smallest absolute Gasteiger partial charge is 0.416 e. The lowest BCUT2D eigenvalue weighted by Crippen LogP contribution is -2.04. The van der Waals surface area contributed by atoms with Crippen molar-refractivity contribution >= 4 is 5.69 Å². The molecule has 2 aromatic carbocycles. The lowest BCUT2D eigenvalue weighted by atomic mass is 10.2. The van der Waals surface area contributed by atoms with Gasteiger partial charge < -0.3 is 9.47 Å². The number of methoxy groups -OCH3 is 1. The molecule has 0 bridgehead atoms. The second kappa shape index (κ2) is 6.28. The molecule has 0 saturated carbocycles. The molecule has 0 unspecified atom stereocenters. The molecule has 0 radical (unpaired) electrons. The second-order valence-electron chi connectivity index (χ2n) is 4.15. The van der Waals surface area contributed by atoms with Crippen LogP contribution in [0.1, 0.15) is 5.56 Å². The van der Waals surface area contributed by atoms with Crippen molar-refractivity contribution in [1.29, 1.82) is 0 Å². The topological polar surface area (TPSA) is 67.2 Å². The predicted molar refractivity (Wildman–Crippen MR) is 73.3 cm³/mol. The van der Waals surface area contributed by atoms with Crippen LogP contribution in [0.3, 0.4) is 0 Å². The first kappa shape index (κ1) is 15.5. The van der Waals surface area contributed by atoms with E-state index < -0.39 is 11.7 Å². The largest absolute Gasteiger partial charge is 0.497 e. The van der Waals surface area contributed by atoms with Crippen LogP contribution < -0.4 is 9.47 Å². The number of rotatable bonds is 4. The quantitative estimate of drug-likeness (QED) is 0.428. The van der Waals surface area contributed by atoms with Gasteiger partial charge in [-0.15, -0.1) is 0 Å². The van der Waals surface area contributed by atoms with Gasteiger partial charge in [-0.25, -0.2) is 0 Å². The van der Waals surface area contributed by atoms with Gasteiger partial charge in [0.1, 0.15) is 17.2 Å². The second-order valence-corrected chi connectivity index (χ2v) is 4.15. The molecule has 0 aliphatic heterocycles. The van der Waals surface area contributed by atoms with Crippen molar-refractivity contribution in [2.75, 3.05) is 7.11 Å². The Hall–Kier alpha value is -2.86. The number of benzene rings is 2. The fourth-order valence-electron chi connectivity index (χ4n) is 1.68. The zero-order valence-corrected chi connectivity index (χ0v) is 11.3. The minimum atomic E-state index is -4.53. The molecule has 0 fully saturated rings. The van der Waals surface area contributed by atoms with E-state index in [1.807, 2.05) is 0 Å². The normalized spacial score (nSPS) is 10.7. The molecule has 5 nitrogen and oxygen atoms in total. The molecule has 0 aromatic heterocycles. The predicted octanol–water partition coefficient (Wildman–Crippen LogP) is 5.45. The van der Waals surface area contributed by atoms with Gasteiger partial charge in [0.25, 0.3) is 0 Å². The van der Waals surface area contributed by atoms with E-state index in [9.17, 15) is 13.2 Å². The summed E-state index contributed by atoms with van der Waals surface area (Å²) in [6.07, 6.45) is -4.53. The zero-order chi connectivity index (χ0) is 16.2. The van der Waals surface area contributed by atoms with Gasteiger partial charge in [0.05, 0.1) is 18.4 Å². The Morgan fingerprint density at radius 2 is 1.68 bits per heavy atom. The van der Waals surface area contributed by atoms with Crippen LogP contribution in [0.15, 0.2) is 47.6 Å². The lowest BCUT2D eigenvalue weighted by molar-refractivity contribution is -0.137. The highest BCUT2D eigenvalue weighted by Crippen LogP contribution is 2.38. The van der Waals surface area contributed by atoms with E-state index in [0.29, 0.717) is 11.5 Å². The summed E-state index contributed by atoms with van der Waals surface area (Å²) in [6.45, 7) is 0. The fraction of sp³-hybridized carbons (Fsp3) is 0.143. The Balaban J connectivity index is 2.35. The van der Waals surface area contributed by atoms with E-state index in [0.717, 1.165) is 18.2 Å². The number of hydrogen-bond donors (Lipinski definition) is 0. The molecule has 0 spiro atoms. The van der Waals surface area contributed by atoms with Crippen LogP contribution in [0.2, 0.25) is 0 Å². The molecule has 2 aromatic rings. The zero-order valence-electron chi connectivity index (χ0n) is 11.3. The summed E-state index contributed by atoms with van der Waals surface area (Å²) in [6, 6.07) is 9.12. The van der Waals surface area contributed by atoms with E-state index in [1.54, 1.807) is 24.3 Å². The number of nitrogens with zero attached hydrogens (tertiary/aromatic N) is 3. The highest BCUT2D eigenvalue weighted by atomic mass is 19.4. The molecule has 0 aliphatic carbocycles. The summed E-state index contributed by atoms with van der Waals surface area (Å²) < 4.78 is 48.4. The van der Waals surface area contributed by atoms with Crippen molar-refractivity contribution in [2.45, 2.75) is 6.18 Å². The van der Waals surface area contributed by atoms with Crippen LogP contribution >= 0.6 is 0 Å². The highest BCUT2D eigenvalue weighted by molar-refractivity contribution is 5.55. The third-order valence-corrected chi connectivity index (χ3v) is 2.73. The number of ether oxygens (including phenoxy) is 2. The minimum absolute atomic E-state index is 0.0240. The van der Waals surface area contributed by atoms with Crippen LogP contribution in [-0.2, 0) is 6.18 Å². The van der Waals surface area contributed by atoms with Gasteiger partial charge in [0.2, 0.25) is 0 Å². The molecule has 22 heavy (non-hydrogen) atoms. The average molecular weight is 309 g/mol. The third-order valence-electron chi connectivity index (χ3n) is 2.73. The third kappa shape index (κ3) is 3.62. The van der Waals surface area contributed by atoms with Crippen molar-refractivity contribution in [3.05, 3.63) is 58.5 Å². The number of halogens is 3. The summed E-state index contributed by atoms with van der Waals surface area (Å²) in [7, 11) is 1.51. The first-order chi connectivity index (χ1) is 10.4. The molecule has 114 valence electrons. The van der Waals surface area contributed by atoms with E-state index in [4.69, 9.17) is 15.0 Å². The Morgan fingerprint density at radius 1 is 1.05 bits per heavy atom. The van der Waals surface area contributed by atoms with Crippen LogP contribution in [-0.4, -0.2) is 7.11 Å². The SMILES string of the molecule is COc1ccc(Oc2ccc(C(F)(F)F)cc2N=[N+]=[N-])cc1. The van der Waals surface area contributed by atoms with Gasteiger partial charge in [-0.2, -0.15) is 13.2 Å². The molecule has 0 amide bonds. The number of hydrogen-bond acceptors (Lipinski definition) is 3. The van der Waals surface area contributed by atoms with Crippen molar-refractivity contribution in [1.82, 2.24) is 0 Å². The summed E-state index contributed by atoms with van der Waals surface area (Å²) in [5, 5.41) is 3.24. The highest BCUT2D eigenvalue weighted by Gasteiger charge is 2.31. The van der Waals surface area contributed by atoms with Gasteiger partial charge in [-0.05, 0) is 48.0 Å². The van der Waals surface area contributed by atoms with Crippen molar-refractivity contribution in [3.8, 4) is 17.2 Å². The van der Waals surface area contributed by atoms with E-state index in [-0.39, 0.29) is 11.4 Å². The van der Waals surface area contributed by atoms with Gasteiger partial charge in [0.15, 0.2) is 0 Å². The van der Waals surface area contributed by atoms with Crippen molar-refractivity contribution in [3.63, 3.8) is 0 Å². The van der Waals surface area contributed by atoms with E-state index >= 15 is 0 Å². The summed E-state index contributed by atoms with van der Waals surface area (Å²) in [5.41, 5.74) is 7.32. The molecule has 2 rings (SSSR count).